The molecule has 0 bridgehead atoms. The number of carbonyl (C=O) groups excluding carboxylic acids is 1. The van der Waals surface area contributed by atoms with Crippen LogP contribution in [0.25, 0.3) is 0 Å². The van der Waals surface area contributed by atoms with Crippen LogP contribution in [0.1, 0.15) is 16.1 Å². The number of nitrogens with two attached hydrogens (primary N) is 1. The number of aromatic nitrogens is 3. The van der Waals surface area contributed by atoms with E-state index < -0.39 is 0 Å². The first-order valence-corrected chi connectivity index (χ1v) is 6.13. The molecule has 17 heavy (non-hydrogen) atoms. The van der Waals surface area contributed by atoms with Crippen molar-refractivity contribution in [1.29, 1.82) is 0 Å². The fraction of sp³-hybridized carbons (Fsp3) is 0.300. The molecule has 2 rings (SSSR count). The van der Waals surface area contributed by atoms with Crippen molar-refractivity contribution in [2.24, 2.45) is 5.73 Å². The van der Waals surface area contributed by atoms with E-state index in [0.29, 0.717) is 25.3 Å². The molecule has 0 aromatic carbocycles. The van der Waals surface area contributed by atoms with Crippen LogP contribution in [0.5, 0.6) is 0 Å². The number of hydrogen-bond acceptors (Lipinski definition) is 5. The molecule has 3 N–H and O–H groups in total. The van der Waals surface area contributed by atoms with Gasteiger partial charge in [-0.25, -0.2) is 0 Å². The van der Waals surface area contributed by atoms with Gasteiger partial charge >= 0.3 is 0 Å². The largest absolute Gasteiger partial charge is 0.346 e. The third-order valence-electron chi connectivity index (χ3n) is 2.16. The molecule has 0 aliphatic heterocycles. The van der Waals surface area contributed by atoms with Gasteiger partial charge in [0.25, 0.3) is 5.91 Å². The van der Waals surface area contributed by atoms with Crippen molar-refractivity contribution in [2.75, 3.05) is 6.54 Å². The zero-order valence-electron chi connectivity index (χ0n) is 9.17. The Morgan fingerprint density at radius 1 is 1.59 bits per heavy atom. The molecule has 0 radical (unpaired) electrons. The van der Waals surface area contributed by atoms with E-state index in [4.69, 9.17) is 5.73 Å². The predicted octanol–water partition coefficient (Wildman–Crippen LogP) is 0.228. The summed E-state index contributed by atoms with van der Waals surface area (Å²) < 4.78 is 1.56. The summed E-state index contributed by atoms with van der Waals surface area (Å²) in [5, 5.41) is 14.3. The average molecular weight is 251 g/mol. The second kappa shape index (κ2) is 5.55. The smallest absolute Gasteiger partial charge is 0.273 e. The van der Waals surface area contributed by atoms with E-state index in [-0.39, 0.29) is 5.91 Å². The molecular formula is C10H13N5OS. The Kier molecular flexibility index (Phi) is 3.84. The maximum Gasteiger partial charge on any atom is 0.273 e. The molecule has 0 aliphatic carbocycles. The van der Waals surface area contributed by atoms with Gasteiger partial charge in [-0.3, -0.25) is 9.48 Å². The van der Waals surface area contributed by atoms with E-state index in [2.05, 4.69) is 15.6 Å². The first-order chi connectivity index (χ1) is 8.29. The molecule has 6 nitrogen and oxygen atoms in total. The minimum atomic E-state index is -0.223. The first kappa shape index (κ1) is 11.7. The zero-order chi connectivity index (χ0) is 12.1. The molecule has 7 heteroatoms. The minimum Gasteiger partial charge on any atom is -0.346 e. The second-order valence-corrected chi connectivity index (χ2v) is 4.25. The van der Waals surface area contributed by atoms with Crippen molar-refractivity contribution in [2.45, 2.75) is 13.1 Å². The zero-order valence-corrected chi connectivity index (χ0v) is 9.98. The molecule has 0 saturated heterocycles. The van der Waals surface area contributed by atoms with Crippen LogP contribution >= 0.6 is 11.3 Å². The van der Waals surface area contributed by atoms with E-state index >= 15 is 0 Å². The van der Waals surface area contributed by atoms with Gasteiger partial charge in [0.15, 0.2) is 5.69 Å². The predicted molar refractivity (Wildman–Crippen MR) is 64.6 cm³/mol. The van der Waals surface area contributed by atoms with Crippen LogP contribution in [0.2, 0.25) is 0 Å². The van der Waals surface area contributed by atoms with Crippen LogP contribution in [-0.2, 0) is 13.1 Å². The fourth-order valence-corrected chi connectivity index (χ4v) is 1.98. The molecule has 90 valence electrons. The maximum absolute atomic E-state index is 11.7. The molecule has 2 heterocycles. The van der Waals surface area contributed by atoms with E-state index in [1.165, 1.54) is 0 Å². The lowest BCUT2D eigenvalue weighted by atomic mass is 10.3. The molecule has 1 amide bonds. The third kappa shape index (κ3) is 3.11. The monoisotopic (exact) mass is 251 g/mol. The van der Waals surface area contributed by atoms with Crippen LogP contribution in [-0.4, -0.2) is 27.4 Å². The molecule has 0 fully saturated rings. The highest BCUT2D eigenvalue weighted by Gasteiger charge is 2.09. The summed E-state index contributed by atoms with van der Waals surface area (Å²) in [7, 11) is 0. The summed E-state index contributed by atoms with van der Waals surface area (Å²) in [5.74, 6) is -0.223. The lowest BCUT2D eigenvalue weighted by molar-refractivity contribution is 0.0946. The average Bonchev–Trinajstić information content (AvgIpc) is 2.97. The maximum atomic E-state index is 11.7. The number of nitrogens with zero attached hydrogens (tertiary/aromatic N) is 3. The van der Waals surface area contributed by atoms with Gasteiger partial charge in [0.2, 0.25) is 0 Å². The number of hydrogen-bond donors (Lipinski definition) is 2. The molecule has 2 aromatic heterocycles. The molecular weight excluding hydrogens is 238 g/mol. The lowest BCUT2D eigenvalue weighted by Crippen LogP contribution is -2.22. The third-order valence-corrected chi connectivity index (χ3v) is 2.89. The number of carbonyl (C=O) groups is 1. The quantitative estimate of drug-likeness (QED) is 0.796. The normalized spacial score (nSPS) is 10.4. The SMILES string of the molecule is NCCn1cc(C(=O)NCc2ccsc2)nn1. The summed E-state index contributed by atoms with van der Waals surface area (Å²) in [6.45, 7) is 1.54. The summed E-state index contributed by atoms with van der Waals surface area (Å²) in [4.78, 5) is 11.7. The molecule has 0 spiro atoms. The van der Waals surface area contributed by atoms with Crippen molar-refractivity contribution in [3.8, 4) is 0 Å². The van der Waals surface area contributed by atoms with Crippen molar-refractivity contribution < 1.29 is 4.79 Å². The lowest BCUT2D eigenvalue weighted by Gasteiger charge is -1.99. The van der Waals surface area contributed by atoms with Crippen LogP contribution in [0.4, 0.5) is 0 Å². The summed E-state index contributed by atoms with van der Waals surface area (Å²) in [6.07, 6.45) is 1.59. The Morgan fingerprint density at radius 3 is 3.18 bits per heavy atom. The topological polar surface area (TPSA) is 85.8 Å². The Bertz CT molecular complexity index is 479. The molecule has 0 aliphatic rings. The van der Waals surface area contributed by atoms with Crippen LogP contribution < -0.4 is 11.1 Å². The molecule has 0 saturated carbocycles. The van der Waals surface area contributed by atoms with Crippen molar-refractivity contribution in [3.63, 3.8) is 0 Å². The first-order valence-electron chi connectivity index (χ1n) is 5.19. The molecule has 2 aromatic rings. The van der Waals surface area contributed by atoms with Gasteiger partial charge in [0.1, 0.15) is 0 Å². The standard InChI is InChI=1S/C10H13N5OS/c11-2-3-15-6-9(13-14-15)10(16)12-5-8-1-4-17-7-8/h1,4,6-7H,2-3,5,11H2,(H,12,16). The van der Waals surface area contributed by atoms with Crippen molar-refractivity contribution in [1.82, 2.24) is 20.3 Å². The van der Waals surface area contributed by atoms with Gasteiger partial charge in [0.05, 0.1) is 12.7 Å². The summed E-state index contributed by atoms with van der Waals surface area (Å²) in [6, 6.07) is 1.97. The van der Waals surface area contributed by atoms with Crippen LogP contribution in [0.15, 0.2) is 23.0 Å². The number of amides is 1. The van der Waals surface area contributed by atoms with Gasteiger partial charge in [-0.15, -0.1) is 5.10 Å². The van der Waals surface area contributed by atoms with E-state index in [1.807, 2.05) is 16.8 Å². The Balaban J connectivity index is 1.90. The van der Waals surface area contributed by atoms with Crippen molar-refractivity contribution >= 4 is 17.2 Å². The summed E-state index contributed by atoms with van der Waals surface area (Å²) >= 11 is 1.60. The fourth-order valence-electron chi connectivity index (χ4n) is 1.31. The number of thiophene rings is 1. The van der Waals surface area contributed by atoms with Gasteiger partial charge < -0.3 is 11.1 Å². The highest BCUT2D eigenvalue weighted by atomic mass is 32.1. The van der Waals surface area contributed by atoms with Gasteiger partial charge in [-0.2, -0.15) is 11.3 Å². The van der Waals surface area contributed by atoms with E-state index in [0.717, 1.165) is 5.56 Å². The molecule has 0 atom stereocenters. The second-order valence-electron chi connectivity index (χ2n) is 3.47. The Morgan fingerprint density at radius 2 is 2.47 bits per heavy atom. The number of nitrogens with one attached hydrogen (secondary N) is 1. The molecule has 0 unspecified atom stereocenters. The highest BCUT2D eigenvalue weighted by molar-refractivity contribution is 7.07. The van der Waals surface area contributed by atoms with E-state index in [1.54, 1.807) is 22.2 Å². The highest BCUT2D eigenvalue weighted by Crippen LogP contribution is 2.05. The summed E-state index contributed by atoms with van der Waals surface area (Å²) in [5.41, 5.74) is 6.78. The Labute approximate surface area is 102 Å². The minimum absolute atomic E-state index is 0.223. The van der Waals surface area contributed by atoms with Gasteiger partial charge in [0, 0.05) is 13.1 Å². The van der Waals surface area contributed by atoms with Gasteiger partial charge in [-0.05, 0) is 22.4 Å². The van der Waals surface area contributed by atoms with Crippen LogP contribution in [0.3, 0.4) is 0 Å². The Hall–Kier alpha value is -1.73. The van der Waals surface area contributed by atoms with Gasteiger partial charge in [-0.1, -0.05) is 5.21 Å². The van der Waals surface area contributed by atoms with Crippen molar-refractivity contribution in [3.05, 3.63) is 34.3 Å². The van der Waals surface area contributed by atoms with E-state index in [9.17, 15) is 4.79 Å². The number of rotatable bonds is 5. The van der Waals surface area contributed by atoms with Crippen LogP contribution in [0, 0.1) is 0 Å².